The largest absolute Gasteiger partial charge is 0.309 e. The summed E-state index contributed by atoms with van der Waals surface area (Å²) in [5, 5.41) is 4.62. The van der Waals surface area contributed by atoms with Crippen molar-refractivity contribution in [1.29, 1.82) is 0 Å². The van der Waals surface area contributed by atoms with Gasteiger partial charge in [-0.25, -0.2) is 0 Å². The molecule has 0 aliphatic heterocycles. The Labute approximate surface area is 126 Å². The fraction of sp³-hybridized carbons (Fsp3) is 0.231. The Bertz CT molecular complexity index is 546. The molecule has 1 aromatic heterocycles. The van der Waals surface area contributed by atoms with Gasteiger partial charge in [-0.2, -0.15) is 0 Å². The van der Waals surface area contributed by atoms with Crippen LogP contribution in [0.1, 0.15) is 22.0 Å². The number of hydrogen-bond donors (Lipinski definition) is 1. The van der Waals surface area contributed by atoms with Crippen LogP contribution in [0.4, 0.5) is 0 Å². The van der Waals surface area contributed by atoms with Gasteiger partial charge in [-0.3, -0.25) is 0 Å². The number of nitrogens with one attached hydrogen (secondary N) is 1. The zero-order valence-corrected chi connectivity index (χ0v) is 13.0. The summed E-state index contributed by atoms with van der Waals surface area (Å²) in [6, 6.07) is 7.56. The third-order valence-electron chi connectivity index (χ3n) is 2.72. The molecule has 0 saturated heterocycles. The first-order chi connectivity index (χ1) is 8.52. The van der Waals surface area contributed by atoms with Gasteiger partial charge in [0.15, 0.2) is 0 Å². The summed E-state index contributed by atoms with van der Waals surface area (Å²) >= 11 is 20.0. The molecule has 1 nitrogen and oxygen atoms in total. The maximum Gasteiger partial charge on any atom is 0.0961 e. The molecule has 0 aliphatic carbocycles. The number of halogens is 3. The Balaban J connectivity index is 2.48. The predicted octanol–water partition coefficient (Wildman–Crippen LogP) is 5.33. The number of thiophene rings is 1. The molecular weight excluding hydrogens is 309 g/mol. The third-order valence-corrected chi connectivity index (χ3v) is 4.92. The molecule has 0 spiro atoms. The Morgan fingerprint density at radius 2 is 1.89 bits per heavy atom. The topological polar surface area (TPSA) is 12.0 Å². The monoisotopic (exact) mass is 319 g/mol. The van der Waals surface area contributed by atoms with Gasteiger partial charge < -0.3 is 5.32 Å². The summed E-state index contributed by atoms with van der Waals surface area (Å²) in [5.74, 6) is 0. The summed E-state index contributed by atoms with van der Waals surface area (Å²) in [5.41, 5.74) is 2.04. The van der Waals surface area contributed by atoms with Crippen molar-refractivity contribution in [3.63, 3.8) is 0 Å². The smallest absolute Gasteiger partial charge is 0.0961 e. The van der Waals surface area contributed by atoms with Crippen molar-refractivity contribution in [3.05, 3.63) is 54.7 Å². The van der Waals surface area contributed by atoms with Gasteiger partial charge in [-0.1, -0.05) is 34.8 Å². The van der Waals surface area contributed by atoms with Crippen molar-refractivity contribution in [2.75, 3.05) is 7.05 Å². The average molecular weight is 321 g/mol. The van der Waals surface area contributed by atoms with E-state index in [1.165, 1.54) is 0 Å². The molecule has 0 fully saturated rings. The summed E-state index contributed by atoms with van der Waals surface area (Å²) in [6.45, 7) is 1.99. The lowest BCUT2D eigenvalue weighted by Gasteiger charge is -2.16. The normalized spacial score (nSPS) is 12.7. The predicted molar refractivity (Wildman–Crippen MR) is 81.4 cm³/mol. The van der Waals surface area contributed by atoms with Crippen LogP contribution in [0.2, 0.25) is 14.4 Å². The molecule has 0 aliphatic rings. The highest BCUT2D eigenvalue weighted by molar-refractivity contribution is 7.16. The van der Waals surface area contributed by atoms with E-state index in [1.807, 2.05) is 26.1 Å². The molecule has 1 aromatic carbocycles. The molecule has 1 atom stereocenters. The molecular formula is C13H12Cl3NS. The highest BCUT2D eigenvalue weighted by atomic mass is 35.5. The molecule has 2 aromatic rings. The second kappa shape index (κ2) is 5.81. The SMILES string of the molecule is CNC(c1cc(C)c(Cl)s1)c1cc(Cl)ccc1Cl. The van der Waals surface area contributed by atoms with Crippen molar-refractivity contribution in [2.45, 2.75) is 13.0 Å². The fourth-order valence-electron chi connectivity index (χ4n) is 1.81. The summed E-state index contributed by atoms with van der Waals surface area (Å²) < 4.78 is 0.809. The van der Waals surface area contributed by atoms with Crippen molar-refractivity contribution in [3.8, 4) is 0 Å². The van der Waals surface area contributed by atoms with Crippen molar-refractivity contribution < 1.29 is 0 Å². The number of hydrogen-bond acceptors (Lipinski definition) is 2. The van der Waals surface area contributed by atoms with Gasteiger partial charge in [0.1, 0.15) is 0 Å². The van der Waals surface area contributed by atoms with Crippen molar-refractivity contribution in [1.82, 2.24) is 5.32 Å². The van der Waals surface area contributed by atoms with Crippen LogP contribution in [0.3, 0.4) is 0 Å². The minimum absolute atomic E-state index is 0.00685. The van der Waals surface area contributed by atoms with Gasteiger partial charge in [0.2, 0.25) is 0 Å². The second-order valence-corrected chi connectivity index (χ2v) is 6.52. The maximum atomic E-state index is 6.24. The van der Waals surface area contributed by atoms with Crippen molar-refractivity contribution in [2.24, 2.45) is 0 Å². The minimum Gasteiger partial charge on any atom is -0.309 e. The molecule has 0 amide bonds. The molecule has 0 radical (unpaired) electrons. The molecule has 5 heteroatoms. The van der Waals surface area contributed by atoms with E-state index in [1.54, 1.807) is 17.4 Å². The summed E-state index contributed by atoms with van der Waals surface area (Å²) in [7, 11) is 1.89. The zero-order valence-electron chi connectivity index (χ0n) is 9.93. The van der Waals surface area contributed by atoms with E-state index in [2.05, 4.69) is 11.4 Å². The van der Waals surface area contributed by atoms with Gasteiger partial charge in [0, 0.05) is 14.9 Å². The Morgan fingerprint density at radius 1 is 1.17 bits per heavy atom. The summed E-state index contributed by atoms with van der Waals surface area (Å²) in [6.07, 6.45) is 0. The van der Waals surface area contributed by atoms with E-state index < -0.39 is 0 Å². The molecule has 96 valence electrons. The lowest BCUT2D eigenvalue weighted by molar-refractivity contribution is 0.704. The minimum atomic E-state index is 0.00685. The van der Waals surface area contributed by atoms with E-state index in [-0.39, 0.29) is 6.04 Å². The van der Waals surface area contributed by atoms with Crippen LogP contribution in [0.25, 0.3) is 0 Å². The second-order valence-electron chi connectivity index (χ2n) is 3.99. The highest BCUT2D eigenvalue weighted by Crippen LogP contribution is 2.37. The van der Waals surface area contributed by atoms with Crippen LogP contribution in [0.5, 0.6) is 0 Å². The number of rotatable bonds is 3. The number of aryl methyl sites for hydroxylation is 1. The van der Waals surface area contributed by atoms with Gasteiger partial charge >= 0.3 is 0 Å². The lowest BCUT2D eigenvalue weighted by atomic mass is 10.1. The molecule has 0 saturated carbocycles. The zero-order chi connectivity index (χ0) is 13.3. The highest BCUT2D eigenvalue weighted by Gasteiger charge is 2.18. The Morgan fingerprint density at radius 3 is 2.44 bits per heavy atom. The van der Waals surface area contributed by atoms with Crippen LogP contribution in [-0.4, -0.2) is 7.05 Å². The molecule has 0 bridgehead atoms. The molecule has 2 rings (SSSR count). The number of benzene rings is 1. The summed E-state index contributed by atoms with van der Waals surface area (Å²) in [4.78, 5) is 1.13. The van der Waals surface area contributed by atoms with Crippen LogP contribution < -0.4 is 5.32 Å². The standard InChI is InChI=1S/C13H12Cl3NS/c1-7-5-11(18-13(7)16)12(17-2)9-6-8(14)3-4-10(9)15/h3-6,12,17H,1-2H3. The van der Waals surface area contributed by atoms with E-state index in [9.17, 15) is 0 Å². The van der Waals surface area contributed by atoms with E-state index in [0.29, 0.717) is 10.0 Å². The molecule has 1 unspecified atom stereocenters. The van der Waals surface area contributed by atoms with Crippen molar-refractivity contribution >= 4 is 46.1 Å². The Kier molecular flexibility index (Phi) is 4.57. The van der Waals surface area contributed by atoms with Gasteiger partial charge in [-0.15, -0.1) is 11.3 Å². The maximum absolute atomic E-state index is 6.24. The molecule has 1 N–H and O–H groups in total. The van der Waals surface area contributed by atoms with Crippen LogP contribution >= 0.6 is 46.1 Å². The third kappa shape index (κ3) is 2.84. The fourth-order valence-corrected chi connectivity index (χ4v) is 3.57. The van der Waals surface area contributed by atoms with Crippen LogP contribution in [0, 0.1) is 6.92 Å². The van der Waals surface area contributed by atoms with Crippen LogP contribution in [-0.2, 0) is 0 Å². The molecule has 18 heavy (non-hydrogen) atoms. The molecule has 1 heterocycles. The van der Waals surface area contributed by atoms with E-state index in [0.717, 1.165) is 20.3 Å². The van der Waals surface area contributed by atoms with Gasteiger partial charge in [0.25, 0.3) is 0 Å². The van der Waals surface area contributed by atoms with E-state index >= 15 is 0 Å². The lowest BCUT2D eigenvalue weighted by Crippen LogP contribution is -2.16. The van der Waals surface area contributed by atoms with Gasteiger partial charge in [0.05, 0.1) is 10.4 Å². The average Bonchev–Trinajstić information content (AvgIpc) is 2.65. The van der Waals surface area contributed by atoms with E-state index in [4.69, 9.17) is 34.8 Å². The first-order valence-corrected chi connectivity index (χ1v) is 7.36. The first kappa shape index (κ1) is 14.2. The Hall–Kier alpha value is -0.250. The quantitative estimate of drug-likeness (QED) is 0.806. The first-order valence-electron chi connectivity index (χ1n) is 5.41. The van der Waals surface area contributed by atoms with Crippen LogP contribution in [0.15, 0.2) is 24.3 Å². The van der Waals surface area contributed by atoms with Gasteiger partial charge in [-0.05, 0) is 49.4 Å².